The van der Waals surface area contributed by atoms with Crippen LogP contribution in [0.2, 0.25) is 0 Å². The molecule has 0 spiro atoms. The van der Waals surface area contributed by atoms with E-state index >= 15 is 0 Å². The number of carbonyl (C=O) groups excluding carboxylic acids is 2. The first kappa shape index (κ1) is 15.4. The van der Waals surface area contributed by atoms with Gasteiger partial charge in [0, 0.05) is 18.5 Å². The number of carbonyl (C=O) groups is 2. The lowest BCUT2D eigenvalue weighted by molar-refractivity contribution is -0.150. The van der Waals surface area contributed by atoms with E-state index in [1.165, 1.54) is 19.3 Å². The van der Waals surface area contributed by atoms with Crippen LogP contribution in [0.15, 0.2) is 0 Å². The maximum Gasteiger partial charge on any atom is 0.245 e. The molecule has 0 unspecified atom stereocenters. The molecule has 0 aromatic rings. The van der Waals surface area contributed by atoms with Crippen LogP contribution in [0.25, 0.3) is 0 Å². The molecule has 4 aliphatic carbocycles. The number of morpholine rings is 1. The van der Waals surface area contributed by atoms with Gasteiger partial charge in [0.2, 0.25) is 11.8 Å². The molecule has 0 radical (unpaired) electrons. The van der Waals surface area contributed by atoms with E-state index in [1.54, 1.807) is 0 Å². The highest BCUT2D eigenvalue weighted by Gasteiger charge is 2.54. The number of ether oxygens (including phenoxy) is 1. The highest BCUT2D eigenvalue weighted by molar-refractivity contribution is 5.90. The third-order valence-corrected chi connectivity index (χ3v) is 6.56. The van der Waals surface area contributed by atoms with Crippen LogP contribution in [-0.2, 0) is 14.3 Å². The molecular weight excluding hydrogens is 292 g/mol. The Kier molecular flexibility index (Phi) is 3.87. The van der Waals surface area contributed by atoms with E-state index < -0.39 is 6.04 Å². The zero-order valence-corrected chi connectivity index (χ0v) is 14.1. The largest absolute Gasteiger partial charge is 0.378 e. The molecule has 4 saturated carbocycles. The van der Waals surface area contributed by atoms with Gasteiger partial charge < -0.3 is 15.0 Å². The van der Waals surface area contributed by atoms with Gasteiger partial charge in [0.05, 0.1) is 13.2 Å². The highest BCUT2D eigenvalue weighted by atomic mass is 16.5. The second-order valence-corrected chi connectivity index (χ2v) is 8.33. The Morgan fingerprint density at radius 1 is 1.04 bits per heavy atom. The molecule has 128 valence electrons. The maximum absolute atomic E-state index is 13.0. The van der Waals surface area contributed by atoms with E-state index in [9.17, 15) is 9.59 Å². The zero-order chi connectivity index (χ0) is 16.0. The Bertz CT molecular complexity index is 463. The smallest absolute Gasteiger partial charge is 0.245 e. The number of rotatable bonds is 3. The summed E-state index contributed by atoms with van der Waals surface area (Å²) >= 11 is 0. The van der Waals surface area contributed by atoms with E-state index in [4.69, 9.17) is 4.74 Å². The van der Waals surface area contributed by atoms with Gasteiger partial charge in [-0.15, -0.1) is 0 Å². The number of hydrogen-bond donors (Lipinski definition) is 1. The van der Waals surface area contributed by atoms with Gasteiger partial charge in [0.25, 0.3) is 0 Å². The monoisotopic (exact) mass is 320 g/mol. The van der Waals surface area contributed by atoms with Gasteiger partial charge in [0.15, 0.2) is 0 Å². The summed E-state index contributed by atoms with van der Waals surface area (Å²) in [7, 11) is 0. The molecule has 1 heterocycles. The topological polar surface area (TPSA) is 58.6 Å². The van der Waals surface area contributed by atoms with Crippen LogP contribution in [0.3, 0.4) is 0 Å². The van der Waals surface area contributed by atoms with Crippen molar-refractivity contribution >= 4 is 11.8 Å². The SMILES string of the molecule is C[C@H](NC(=O)C12CC3CC(CC(C3)C1)C2)C(=O)N1CCOCC1. The molecule has 4 bridgehead atoms. The van der Waals surface area contributed by atoms with Crippen molar-refractivity contribution in [1.82, 2.24) is 10.2 Å². The molecule has 0 aromatic carbocycles. The van der Waals surface area contributed by atoms with Crippen LogP contribution in [0, 0.1) is 23.2 Å². The van der Waals surface area contributed by atoms with E-state index in [2.05, 4.69) is 5.32 Å². The van der Waals surface area contributed by atoms with E-state index in [1.807, 2.05) is 11.8 Å². The fraction of sp³-hybridized carbons (Fsp3) is 0.889. The minimum atomic E-state index is -0.423. The van der Waals surface area contributed by atoms with E-state index in [-0.39, 0.29) is 17.2 Å². The summed E-state index contributed by atoms with van der Waals surface area (Å²) in [5.74, 6) is 2.42. The molecule has 5 aliphatic rings. The number of hydrogen-bond acceptors (Lipinski definition) is 3. The molecule has 5 rings (SSSR count). The third-order valence-electron chi connectivity index (χ3n) is 6.56. The van der Waals surface area contributed by atoms with Gasteiger partial charge >= 0.3 is 0 Å². The fourth-order valence-corrected chi connectivity index (χ4v) is 5.86. The van der Waals surface area contributed by atoms with Gasteiger partial charge in [-0.2, -0.15) is 0 Å². The van der Waals surface area contributed by atoms with Crippen molar-refractivity contribution in [3.63, 3.8) is 0 Å². The third kappa shape index (κ3) is 2.77. The second-order valence-electron chi connectivity index (χ2n) is 8.33. The predicted molar refractivity (Wildman–Crippen MR) is 85.6 cm³/mol. The van der Waals surface area contributed by atoms with Gasteiger partial charge in [0.1, 0.15) is 6.04 Å². The van der Waals surface area contributed by atoms with Crippen molar-refractivity contribution < 1.29 is 14.3 Å². The molecule has 23 heavy (non-hydrogen) atoms. The molecule has 0 aromatic heterocycles. The molecular formula is C18H28N2O3. The van der Waals surface area contributed by atoms with Crippen molar-refractivity contribution in [2.75, 3.05) is 26.3 Å². The summed E-state index contributed by atoms with van der Waals surface area (Å²) in [4.78, 5) is 27.3. The van der Waals surface area contributed by atoms with Crippen molar-refractivity contribution in [2.24, 2.45) is 23.2 Å². The molecule has 1 saturated heterocycles. The average molecular weight is 320 g/mol. The minimum Gasteiger partial charge on any atom is -0.378 e. The van der Waals surface area contributed by atoms with Crippen LogP contribution < -0.4 is 5.32 Å². The summed E-state index contributed by atoms with van der Waals surface area (Å²) in [5.41, 5.74) is -0.172. The molecule has 2 amide bonds. The van der Waals surface area contributed by atoms with Gasteiger partial charge in [-0.05, 0) is 63.2 Å². The Morgan fingerprint density at radius 3 is 2.09 bits per heavy atom. The van der Waals surface area contributed by atoms with Crippen molar-refractivity contribution in [3.8, 4) is 0 Å². The summed E-state index contributed by atoms with van der Waals surface area (Å²) in [6.45, 7) is 4.30. The van der Waals surface area contributed by atoms with Crippen LogP contribution in [0.5, 0.6) is 0 Å². The first-order valence-electron chi connectivity index (χ1n) is 9.23. The van der Waals surface area contributed by atoms with Gasteiger partial charge in [-0.25, -0.2) is 0 Å². The maximum atomic E-state index is 13.0. The normalized spacial score (nSPS) is 40.0. The molecule has 5 fully saturated rings. The van der Waals surface area contributed by atoms with Gasteiger partial charge in [-0.1, -0.05) is 0 Å². The fourth-order valence-electron chi connectivity index (χ4n) is 5.86. The van der Waals surface area contributed by atoms with Crippen molar-refractivity contribution in [3.05, 3.63) is 0 Å². The van der Waals surface area contributed by atoms with Crippen LogP contribution in [-0.4, -0.2) is 49.1 Å². The summed E-state index contributed by atoms with van der Waals surface area (Å²) in [6, 6.07) is -0.423. The first-order chi connectivity index (χ1) is 11.1. The minimum absolute atomic E-state index is 0.0337. The Morgan fingerprint density at radius 2 is 1.57 bits per heavy atom. The summed E-state index contributed by atoms with van der Waals surface area (Å²) in [5, 5.41) is 3.06. The standard InChI is InChI=1S/C18H28N2O3/c1-12(16(21)20-2-4-23-5-3-20)19-17(22)18-9-13-6-14(10-18)8-15(7-13)11-18/h12-15H,2-11H2,1H3,(H,19,22)/t12-,13?,14?,15?,18?/m0/s1. The quantitative estimate of drug-likeness (QED) is 0.859. The van der Waals surface area contributed by atoms with Gasteiger partial charge in [-0.3, -0.25) is 9.59 Å². The summed E-state index contributed by atoms with van der Waals surface area (Å²) < 4.78 is 5.29. The lowest BCUT2D eigenvalue weighted by Crippen LogP contribution is -2.57. The molecule has 1 atom stereocenters. The predicted octanol–water partition coefficient (Wildman–Crippen LogP) is 1.57. The highest BCUT2D eigenvalue weighted by Crippen LogP contribution is 2.60. The van der Waals surface area contributed by atoms with Crippen LogP contribution >= 0.6 is 0 Å². The number of nitrogens with one attached hydrogen (secondary N) is 1. The van der Waals surface area contributed by atoms with Crippen molar-refractivity contribution in [2.45, 2.75) is 51.5 Å². The van der Waals surface area contributed by atoms with E-state index in [0.29, 0.717) is 26.3 Å². The van der Waals surface area contributed by atoms with Crippen molar-refractivity contribution in [1.29, 1.82) is 0 Å². The zero-order valence-electron chi connectivity index (χ0n) is 14.1. The second kappa shape index (κ2) is 5.76. The van der Waals surface area contributed by atoms with E-state index in [0.717, 1.165) is 37.0 Å². The number of amides is 2. The molecule has 5 heteroatoms. The lowest BCUT2D eigenvalue weighted by Gasteiger charge is -2.55. The molecule has 1 aliphatic heterocycles. The van der Waals surface area contributed by atoms with Crippen LogP contribution in [0.4, 0.5) is 0 Å². The molecule has 1 N–H and O–H groups in total. The first-order valence-corrected chi connectivity index (χ1v) is 9.23. The summed E-state index contributed by atoms with van der Waals surface area (Å²) in [6.07, 6.45) is 7.12. The Labute approximate surface area is 138 Å². The Balaban J connectivity index is 1.40. The number of nitrogens with zero attached hydrogens (tertiary/aromatic N) is 1. The average Bonchev–Trinajstić information content (AvgIpc) is 2.53. The molecule has 5 nitrogen and oxygen atoms in total. The lowest BCUT2D eigenvalue weighted by atomic mass is 9.49. The Hall–Kier alpha value is -1.10. The van der Waals surface area contributed by atoms with Crippen LogP contribution in [0.1, 0.15) is 45.4 Å².